The molecule has 1 aliphatic carbocycles. The van der Waals surface area contributed by atoms with E-state index in [1.165, 1.54) is 4.80 Å². The molecule has 264 valence electrons. The minimum atomic E-state index is -1.30. The molecule has 1 saturated carbocycles. The predicted octanol–water partition coefficient (Wildman–Crippen LogP) is 5.08. The first kappa shape index (κ1) is 36.2. The Labute approximate surface area is 291 Å². The summed E-state index contributed by atoms with van der Waals surface area (Å²) >= 11 is 6.59. The van der Waals surface area contributed by atoms with Gasteiger partial charge in [-0.05, 0) is 75.8 Å². The van der Waals surface area contributed by atoms with Gasteiger partial charge in [0.05, 0.1) is 41.5 Å². The van der Waals surface area contributed by atoms with Crippen LogP contribution in [0.3, 0.4) is 0 Å². The van der Waals surface area contributed by atoms with Crippen LogP contribution >= 0.6 is 11.6 Å². The molecule has 1 aliphatic heterocycles. The number of hydrogen-bond acceptors (Lipinski definition) is 13. The highest BCUT2D eigenvalue weighted by molar-refractivity contribution is 6.33. The molecule has 2 fully saturated rings. The van der Waals surface area contributed by atoms with E-state index in [1.54, 1.807) is 6.20 Å². The summed E-state index contributed by atoms with van der Waals surface area (Å²) in [5.41, 5.74) is 1.08. The summed E-state index contributed by atoms with van der Waals surface area (Å²) in [7, 11) is 0. The molecule has 0 bridgehead atoms. The van der Waals surface area contributed by atoms with Crippen molar-refractivity contribution < 1.29 is 24.1 Å². The fourth-order valence-electron chi connectivity index (χ4n) is 6.07. The number of nitriles is 1. The molecule has 4 N–H and O–H groups in total. The third-order valence-corrected chi connectivity index (χ3v) is 9.30. The highest BCUT2D eigenvalue weighted by atomic mass is 35.5. The first-order chi connectivity index (χ1) is 23.7. The van der Waals surface area contributed by atoms with Gasteiger partial charge in [0.15, 0.2) is 5.82 Å². The van der Waals surface area contributed by atoms with Crippen molar-refractivity contribution in [1.29, 1.82) is 5.26 Å². The predicted molar refractivity (Wildman–Crippen MR) is 182 cm³/mol. The zero-order valence-electron chi connectivity index (χ0n) is 28.0. The number of anilines is 2. The van der Waals surface area contributed by atoms with Gasteiger partial charge in [0.25, 0.3) is 0 Å². The van der Waals surface area contributed by atoms with Crippen LogP contribution in [-0.2, 0) is 20.8 Å². The summed E-state index contributed by atoms with van der Waals surface area (Å²) in [6.07, 6.45) is 6.26. The van der Waals surface area contributed by atoms with Gasteiger partial charge in [0.2, 0.25) is 0 Å². The van der Waals surface area contributed by atoms with E-state index in [4.69, 9.17) is 31.2 Å². The maximum atomic E-state index is 10.5. The number of nitrogens with one attached hydrogen (secondary N) is 3. The maximum absolute atomic E-state index is 10.5. The van der Waals surface area contributed by atoms with Crippen LogP contribution in [0.1, 0.15) is 70.7 Å². The fourth-order valence-corrected chi connectivity index (χ4v) is 6.27. The van der Waals surface area contributed by atoms with Crippen LogP contribution in [0.2, 0.25) is 5.02 Å². The zero-order valence-corrected chi connectivity index (χ0v) is 28.7. The van der Waals surface area contributed by atoms with Crippen molar-refractivity contribution in [1.82, 2.24) is 35.5 Å². The van der Waals surface area contributed by atoms with E-state index in [-0.39, 0.29) is 25.3 Å². The number of hydrogen-bond donors (Lipinski definition) is 4. The minimum absolute atomic E-state index is 0.0683. The maximum Gasteiger partial charge on any atom is 0.505 e. The number of aromatic nitrogens is 6. The van der Waals surface area contributed by atoms with E-state index >= 15 is 0 Å². The molecule has 1 saturated heterocycles. The zero-order chi connectivity index (χ0) is 34.6. The van der Waals surface area contributed by atoms with Gasteiger partial charge in [-0.15, -0.1) is 10.2 Å². The van der Waals surface area contributed by atoms with Crippen molar-refractivity contribution in [2.75, 3.05) is 43.6 Å². The van der Waals surface area contributed by atoms with Gasteiger partial charge in [0.1, 0.15) is 18.2 Å². The van der Waals surface area contributed by atoms with Gasteiger partial charge in [-0.25, -0.2) is 14.8 Å². The molecular weight excluding hydrogens is 652 g/mol. The third kappa shape index (κ3) is 10.7. The lowest BCUT2D eigenvalue weighted by Crippen LogP contribution is -2.43. The minimum Gasteiger partial charge on any atom is -0.450 e. The molecule has 3 aromatic rings. The van der Waals surface area contributed by atoms with Crippen molar-refractivity contribution in [2.24, 2.45) is 5.41 Å². The third-order valence-electron chi connectivity index (χ3n) is 9.00. The smallest absolute Gasteiger partial charge is 0.450 e. The Morgan fingerprint density at radius 2 is 1.98 bits per heavy atom. The molecule has 5 rings (SSSR count). The lowest BCUT2D eigenvalue weighted by molar-refractivity contribution is 0.0455. The van der Waals surface area contributed by atoms with Crippen LogP contribution in [0.15, 0.2) is 30.5 Å². The van der Waals surface area contributed by atoms with Crippen LogP contribution in [0.5, 0.6) is 0 Å². The Hall–Kier alpha value is -4.10. The van der Waals surface area contributed by atoms with Crippen molar-refractivity contribution in [3.8, 4) is 17.3 Å². The molecule has 4 heterocycles. The Morgan fingerprint density at radius 1 is 1.20 bits per heavy atom. The van der Waals surface area contributed by atoms with E-state index in [0.717, 1.165) is 42.8 Å². The molecule has 2 atom stereocenters. The lowest BCUT2D eigenvalue weighted by Gasteiger charge is -2.32. The topological polar surface area (TPSA) is 194 Å². The molecular formula is C33H45ClN10O5. The van der Waals surface area contributed by atoms with Crippen molar-refractivity contribution >= 4 is 29.4 Å². The summed E-state index contributed by atoms with van der Waals surface area (Å²) < 4.78 is 15.8. The quantitative estimate of drug-likeness (QED) is 0.145. The number of pyridine rings is 2. The number of tetrazole rings is 1. The van der Waals surface area contributed by atoms with E-state index in [0.29, 0.717) is 74.4 Å². The van der Waals surface area contributed by atoms with Crippen molar-refractivity contribution in [2.45, 2.75) is 89.6 Å². The molecule has 0 radical (unpaired) electrons. The Bertz CT molecular complexity index is 1550. The van der Waals surface area contributed by atoms with Crippen molar-refractivity contribution in [3.63, 3.8) is 0 Å². The molecule has 16 heteroatoms. The van der Waals surface area contributed by atoms with Crippen LogP contribution in [0, 0.1) is 16.7 Å². The van der Waals surface area contributed by atoms with Crippen LogP contribution in [0.4, 0.5) is 16.4 Å². The van der Waals surface area contributed by atoms with Gasteiger partial charge in [-0.2, -0.15) is 10.1 Å². The summed E-state index contributed by atoms with van der Waals surface area (Å²) in [6, 6.07) is 10.9. The molecule has 0 amide bonds. The summed E-state index contributed by atoms with van der Waals surface area (Å²) in [5.74, 6) is 1.93. The average Bonchev–Trinajstić information content (AvgIpc) is 3.58. The standard InChI is InChI=1S/C33H45ClN10O5/c1-22(18-48-19-31-41-43-44(42-31)23(2)10-13-49-32(45)46)38-24-6-8-25(9-7-24)39-30-16-26(27(34)17-36-30)28-4-3-5-29(40-28)37-21-33(20-35)11-14-47-15-12-33/h3-5,16-17,22-25,38H,6-15,18-19,21H2,1-2H3,(H,36,39)(H,37,40)(H,45,46)/t22-,23+,24?,25?/m1/s1. The van der Waals surface area contributed by atoms with Crippen LogP contribution < -0.4 is 16.0 Å². The highest BCUT2D eigenvalue weighted by Gasteiger charge is 2.32. The van der Waals surface area contributed by atoms with E-state index < -0.39 is 11.6 Å². The van der Waals surface area contributed by atoms with Gasteiger partial charge in [0, 0.05) is 56.1 Å². The number of halogens is 1. The summed E-state index contributed by atoms with van der Waals surface area (Å²) in [6.45, 7) is 6.50. The second kappa shape index (κ2) is 17.5. The van der Waals surface area contributed by atoms with Gasteiger partial charge < -0.3 is 35.3 Å². The molecule has 0 unspecified atom stereocenters. The largest absolute Gasteiger partial charge is 0.505 e. The van der Waals surface area contributed by atoms with Gasteiger partial charge in [-0.3, -0.25) is 0 Å². The lowest BCUT2D eigenvalue weighted by atomic mass is 9.82. The molecule has 49 heavy (non-hydrogen) atoms. The first-order valence-corrected chi connectivity index (χ1v) is 17.2. The van der Waals surface area contributed by atoms with Gasteiger partial charge >= 0.3 is 6.16 Å². The summed E-state index contributed by atoms with van der Waals surface area (Å²) in [5, 5.41) is 42.0. The van der Waals surface area contributed by atoms with Crippen LogP contribution in [0.25, 0.3) is 11.3 Å². The van der Waals surface area contributed by atoms with E-state index in [2.05, 4.69) is 54.1 Å². The second-order valence-corrected chi connectivity index (χ2v) is 13.3. The molecule has 0 spiro atoms. The Kier molecular flexibility index (Phi) is 12.9. The Morgan fingerprint density at radius 3 is 2.73 bits per heavy atom. The van der Waals surface area contributed by atoms with E-state index in [9.17, 15) is 10.1 Å². The SMILES string of the molecule is C[C@H](COCc1nnn([C@@H](C)CCOC(=O)O)n1)NC1CCC(Nc2cc(-c3cccc(NCC4(C#N)CCOCC4)n3)c(Cl)cn2)CC1. The molecule has 2 aliphatic rings. The number of rotatable bonds is 16. The number of ether oxygens (including phenoxy) is 3. The second-order valence-electron chi connectivity index (χ2n) is 12.9. The number of carbonyl (C=O) groups is 1. The highest BCUT2D eigenvalue weighted by Crippen LogP contribution is 2.32. The number of nitrogens with zero attached hydrogens (tertiary/aromatic N) is 7. The fraction of sp³-hybridized carbons (Fsp3) is 0.606. The molecule has 3 aromatic heterocycles. The van der Waals surface area contributed by atoms with Crippen molar-refractivity contribution in [3.05, 3.63) is 41.3 Å². The summed E-state index contributed by atoms with van der Waals surface area (Å²) in [4.78, 5) is 21.3. The first-order valence-electron chi connectivity index (χ1n) is 16.8. The van der Waals surface area contributed by atoms with Crippen LogP contribution in [-0.4, -0.2) is 92.5 Å². The monoisotopic (exact) mass is 696 g/mol. The average molecular weight is 697 g/mol. The van der Waals surface area contributed by atoms with Gasteiger partial charge in [-0.1, -0.05) is 17.7 Å². The number of carboxylic acid groups (broad SMARTS) is 1. The molecule has 0 aromatic carbocycles. The molecule has 15 nitrogen and oxygen atoms in total. The normalized spacial score (nSPS) is 20.1. The Balaban J connectivity index is 1.04. The van der Waals surface area contributed by atoms with E-state index in [1.807, 2.05) is 31.2 Å².